The smallest absolute Gasteiger partial charge is 0.243 e. The minimum absolute atomic E-state index is 0.104. The quantitative estimate of drug-likeness (QED) is 0.906. The summed E-state index contributed by atoms with van der Waals surface area (Å²) in [5, 5.41) is 12.3. The van der Waals surface area contributed by atoms with Crippen LogP contribution in [0.2, 0.25) is 5.02 Å². The van der Waals surface area contributed by atoms with Crippen molar-refractivity contribution >= 4 is 28.9 Å². The topological polar surface area (TPSA) is 56.1 Å². The second-order valence-corrected chi connectivity index (χ2v) is 6.36. The number of hydrogen-bond acceptors (Lipinski definition) is 3. The van der Waals surface area contributed by atoms with E-state index in [1.165, 1.54) is 5.56 Å². The molecule has 0 aliphatic rings. The molecule has 0 bridgehead atoms. The van der Waals surface area contributed by atoms with Crippen molar-refractivity contribution in [3.05, 3.63) is 57.6 Å². The molecular weight excluding hydrogens is 322 g/mol. The van der Waals surface area contributed by atoms with Gasteiger partial charge in [-0.3, -0.25) is 4.79 Å². The van der Waals surface area contributed by atoms with Crippen molar-refractivity contribution in [3.63, 3.8) is 0 Å². The zero-order valence-corrected chi connectivity index (χ0v) is 15.0. The largest absolute Gasteiger partial charge is 0.365 e. The summed E-state index contributed by atoms with van der Waals surface area (Å²) >= 11 is 6.05. The highest BCUT2D eigenvalue weighted by atomic mass is 35.5. The number of aryl methyl sites for hydroxylation is 3. The lowest BCUT2D eigenvalue weighted by Gasteiger charge is -2.20. The van der Waals surface area contributed by atoms with Crippen molar-refractivity contribution in [2.45, 2.75) is 20.8 Å². The fraction of sp³-hybridized carbons (Fsp3) is 0.263. The highest BCUT2D eigenvalue weighted by molar-refractivity contribution is 6.32. The van der Waals surface area contributed by atoms with Crippen molar-refractivity contribution in [3.8, 4) is 6.07 Å². The number of likely N-dealkylation sites (N-methyl/N-ethyl adjacent to an activating group) is 1. The van der Waals surface area contributed by atoms with Crippen molar-refractivity contribution < 1.29 is 4.79 Å². The van der Waals surface area contributed by atoms with Gasteiger partial charge in [-0.25, -0.2) is 0 Å². The maximum absolute atomic E-state index is 12.4. The van der Waals surface area contributed by atoms with Crippen LogP contribution in [0.4, 0.5) is 11.4 Å². The molecule has 0 saturated carbocycles. The Morgan fingerprint density at radius 2 is 1.83 bits per heavy atom. The molecule has 2 aromatic rings. The van der Waals surface area contributed by atoms with Gasteiger partial charge in [-0.1, -0.05) is 29.3 Å². The van der Waals surface area contributed by atoms with E-state index in [1.807, 2.05) is 46.0 Å². The molecule has 0 radical (unpaired) electrons. The average molecular weight is 342 g/mol. The standard InChI is InChI=1S/C19H20ClN3O/c1-12-7-13(2)19(14(3)8-12)22-18(24)11-23(4)16-6-5-15(10-21)17(20)9-16/h5-9H,11H2,1-4H3,(H,22,24). The van der Waals surface area contributed by atoms with Gasteiger partial charge in [0.25, 0.3) is 0 Å². The number of anilines is 2. The molecule has 0 aromatic heterocycles. The maximum Gasteiger partial charge on any atom is 0.243 e. The Kier molecular flexibility index (Phi) is 5.48. The summed E-state index contributed by atoms with van der Waals surface area (Å²) in [6.45, 7) is 6.20. The number of carbonyl (C=O) groups excluding carboxylic acids is 1. The number of halogens is 1. The summed E-state index contributed by atoms with van der Waals surface area (Å²) in [4.78, 5) is 14.1. The van der Waals surface area contributed by atoms with E-state index >= 15 is 0 Å². The second-order valence-electron chi connectivity index (χ2n) is 5.95. The first-order valence-electron chi connectivity index (χ1n) is 7.60. The van der Waals surface area contributed by atoms with Crippen molar-refractivity contribution in [2.75, 3.05) is 23.8 Å². The van der Waals surface area contributed by atoms with Crippen LogP contribution in [0.5, 0.6) is 0 Å². The summed E-state index contributed by atoms with van der Waals surface area (Å²) in [7, 11) is 1.81. The molecule has 2 aromatic carbocycles. The number of carbonyl (C=O) groups is 1. The fourth-order valence-electron chi connectivity index (χ4n) is 2.69. The van der Waals surface area contributed by atoms with Gasteiger partial charge < -0.3 is 10.2 Å². The Hall–Kier alpha value is -2.51. The van der Waals surface area contributed by atoms with Crippen LogP contribution in [-0.4, -0.2) is 19.5 Å². The Labute approximate surface area is 147 Å². The number of amides is 1. The lowest BCUT2D eigenvalue weighted by atomic mass is 10.1. The molecule has 4 nitrogen and oxygen atoms in total. The van der Waals surface area contributed by atoms with Crippen LogP contribution < -0.4 is 10.2 Å². The molecule has 0 fully saturated rings. The zero-order chi connectivity index (χ0) is 17.9. The van der Waals surface area contributed by atoms with Gasteiger partial charge in [0.2, 0.25) is 5.91 Å². The molecule has 0 heterocycles. The molecule has 24 heavy (non-hydrogen) atoms. The minimum Gasteiger partial charge on any atom is -0.365 e. The third-order valence-corrected chi connectivity index (χ3v) is 4.15. The van der Waals surface area contributed by atoms with Crippen LogP contribution >= 0.6 is 11.6 Å². The lowest BCUT2D eigenvalue weighted by Crippen LogP contribution is -2.30. The number of rotatable bonds is 4. The Balaban J connectivity index is 2.10. The van der Waals surface area contributed by atoms with E-state index in [4.69, 9.17) is 16.9 Å². The van der Waals surface area contributed by atoms with Crippen LogP contribution in [0.25, 0.3) is 0 Å². The van der Waals surface area contributed by atoms with E-state index in [-0.39, 0.29) is 12.5 Å². The number of nitrogens with zero attached hydrogens (tertiary/aromatic N) is 2. The van der Waals surface area contributed by atoms with Gasteiger partial charge in [-0.15, -0.1) is 0 Å². The summed E-state index contributed by atoms with van der Waals surface area (Å²) in [5.41, 5.74) is 5.33. The SMILES string of the molecule is Cc1cc(C)c(NC(=O)CN(C)c2ccc(C#N)c(Cl)c2)c(C)c1. The minimum atomic E-state index is -0.104. The third kappa shape index (κ3) is 4.06. The second kappa shape index (κ2) is 7.37. The Morgan fingerprint density at radius 3 is 2.38 bits per heavy atom. The van der Waals surface area contributed by atoms with Crippen molar-refractivity contribution in [1.82, 2.24) is 0 Å². The number of nitriles is 1. The Morgan fingerprint density at radius 1 is 1.21 bits per heavy atom. The molecule has 124 valence electrons. The van der Waals surface area contributed by atoms with Crippen molar-refractivity contribution in [1.29, 1.82) is 5.26 Å². The molecule has 0 spiro atoms. The van der Waals surface area contributed by atoms with Crippen LogP contribution in [-0.2, 0) is 4.79 Å². The average Bonchev–Trinajstić information content (AvgIpc) is 2.50. The number of hydrogen-bond donors (Lipinski definition) is 1. The Bertz CT molecular complexity index is 801. The zero-order valence-electron chi connectivity index (χ0n) is 14.3. The molecule has 2 rings (SSSR count). The monoisotopic (exact) mass is 341 g/mol. The summed E-state index contributed by atoms with van der Waals surface area (Å²) in [6, 6.07) is 11.2. The van der Waals surface area contributed by atoms with Crippen LogP contribution in [0.15, 0.2) is 30.3 Å². The normalized spacial score (nSPS) is 10.2. The summed E-state index contributed by atoms with van der Waals surface area (Å²) in [5.74, 6) is -0.104. The van der Waals surface area contributed by atoms with Gasteiger partial charge in [0.1, 0.15) is 6.07 Å². The van der Waals surface area contributed by atoms with E-state index in [9.17, 15) is 4.79 Å². The maximum atomic E-state index is 12.4. The first kappa shape index (κ1) is 17.8. The molecule has 0 unspecified atom stereocenters. The molecule has 0 aliphatic heterocycles. The molecule has 0 atom stereocenters. The van der Waals surface area contributed by atoms with E-state index in [0.717, 1.165) is 22.5 Å². The van der Waals surface area contributed by atoms with Gasteiger partial charge >= 0.3 is 0 Å². The first-order chi connectivity index (χ1) is 11.3. The van der Waals surface area contributed by atoms with E-state index in [1.54, 1.807) is 23.1 Å². The van der Waals surface area contributed by atoms with E-state index < -0.39 is 0 Å². The third-order valence-electron chi connectivity index (χ3n) is 3.84. The first-order valence-corrected chi connectivity index (χ1v) is 7.98. The van der Waals surface area contributed by atoms with Crippen LogP contribution in [0, 0.1) is 32.1 Å². The van der Waals surface area contributed by atoms with Gasteiger partial charge in [0.05, 0.1) is 17.1 Å². The molecular formula is C19H20ClN3O. The lowest BCUT2D eigenvalue weighted by molar-refractivity contribution is -0.114. The summed E-state index contributed by atoms with van der Waals surface area (Å²) in [6.07, 6.45) is 0. The molecule has 0 saturated heterocycles. The molecule has 1 N–H and O–H groups in total. The van der Waals surface area contributed by atoms with Crippen LogP contribution in [0.1, 0.15) is 22.3 Å². The highest BCUT2D eigenvalue weighted by Gasteiger charge is 2.12. The molecule has 0 aliphatic carbocycles. The van der Waals surface area contributed by atoms with Gasteiger partial charge in [0.15, 0.2) is 0 Å². The van der Waals surface area contributed by atoms with Gasteiger partial charge in [-0.05, 0) is 50.1 Å². The van der Waals surface area contributed by atoms with Crippen molar-refractivity contribution in [2.24, 2.45) is 0 Å². The van der Waals surface area contributed by atoms with E-state index in [0.29, 0.717) is 10.6 Å². The summed E-state index contributed by atoms with van der Waals surface area (Å²) < 4.78 is 0. The van der Waals surface area contributed by atoms with Crippen LogP contribution in [0.3, 0.4) is 0 Å². The van der Waals surface area contributed by atoms with Gasteiger partial charge in [-0.2, -0.15) is 5.26 Å². The molecule has 5 heteroatoms. The highest BCUT2D eigenvalue weighted by Crippen LogP contribution is 2.24. The molecule has 1 amide bonds. The predicted molar refractivity (Wildman–Crippen MR) is 98.7 cm³/mol. The number of nitrogens with one attached hydrogen (secondary N) is 1. The van der Waals surface area contributed by atoms with Gasteiger partial charge in [0, 0.05) is 18.4 Å². The van der Waals surface area contributed by atoms with E-state index in [2.05, 4.69) is 5.32 Å². The number of benzene rings is 2. The predicted octanol–water partition coefficient (Wildman–Crippen LogP) is 4.21. The fourth-order valence-corrected chi connectivity index (χ4v) is 2.91.